The molecule has 1 aromatic rings. The first kappa shape index (κ1) is 15.5. The highest BCUT2D eigenvalue weighted by Crippen LogP contribution is 2.29. The summed E-state index contributed by atoms with van der Waals surface area (Å²) in [5.74, 6) is -0.169. The lowest BCUT2D eigenvalue weighted by molar-refractivity contribution is 0.0998. The van der Waals surface area contributed by atoms with Crippen LogP contribution in [0.2, 0.25) is 0 Å². The summed E-state index contributed by atoms with van der Waals surface area (Å²) in [4.78, 5) is 2.52. The van der Waals surface area contributed by atoms with Crippen LogP contribution < -0.4 is 5.73 Å². The molecule has 2 nitrogen and oxygen atoms in total. The van der Waals surface area contributed by atoms with Gasteiger partial charge in [-0.2, -0.15) is 0 Å². The number of likely N-dealkylation sites (tertiary alicyclic amines) is 1. The van der Waals surface area contributed by atoms with E-state index in [1.165, 1.54) is 18.9 Å². The molecule has 1 aliphatic rings. The molecule has 0 saturated carbocycles. The van der Waals surface area contributed by atoms with Crippen molar-refractivity contribution >= 4 is 0 Å². The predicted molar refractivity (Wildman–Crippen MR) is 82.3 cm³/mol. The van der Waals surface area contributed by atoms with Gasteiger partial charge in [-0.1, -0.05) is 13.0 Å². The first-order valence-corrected chi connectivity index (χ1v) is 7.73. The molecule has 0 bridgehead atoms. The van der Waals surface area contributed by atoms with Crippen LogP contribution in [0.25, 0.3) is 0 Å². The summed E-state index contributed by atoms with van der Waals surface area (Å²) >= 11 is 0. The average molecular weight is 278 g/mol. The van der Waals surface area contributed by atoms with Crippen LogP contribution in [0, 0.1) is 12.7 Å². The topological polar surface area (TPSA) is 29.3 Å². The van der Waals surface area contributed by atoms with E-state index in [2.05, 4.69) is 18.7 Å². The van der Waals surface area contributed by atoms with Gasteiger partial charge in [0.1, 0.15) is 5.82 Å². The first-order valence-electron chi connectivity index (χ1n) is 7.73. The number of rotatable bonds is 5. The van der Waals surface area contributed by atoms with Crippen LogP contribution in [-0.4, -0.2) is 29.6 Å². The number of benzene rings is 1. The van der Waals surface area contributed by atoms with E-state index >= 15 is 0 Å². The van der Waals surface area contributed by atoms with Gasteiger partial charge >= 0.3 is 0 Å². The minimum Gasteiger partial charge on any atom is -0.326 e. The van der Waals surface area contributed by atoms with Crippen molar-refractivity contribution in [3.63, 3.8) is 0 Å². The number of aryl methyl sites for hydroxylation is 1. The largest absolute Gasteiger partial charge is 0.326 e. The smallest absolute Gasteiger partial charge is 0.123 e. The molecule has 1 aromatic carbocycles. The monoisotopic (exact) mass is 278 g/mol. The fourth-order valence-corrected chi connectivity index (χ4v) is 3.27. The van der Waals surface area contributed by atoms with Crippen LogP contribution in [0.4, 0.5) is 4.39 Å². The molecule has 1 fully saturated rings. The number of hydrogen-bond donors (Lipinski definition) is 1. The van der Waals surface area contributed by atoms with E-state index in [1.54, 1.807) is 6.07 Å². The van der Waals surface area contributed by atoms with Crippen LogP contribution in [0.5, 0.6) is 0 Å². The maximum Gasteiger partial charge on any atom is 0.123 e. The number of halogens is 1. The minimum atomic E-state index is -0.169. The van der Waals surface area contributed by atoms with Crippen molar-refractivity contribution in [3.8, 4) is 0 Å². The molecule has 0 amide bonds. The average Bonchev–Trinajstić information content (AvgIpc) is 2.96. The number of hydrogen-bond acceptors (Lipinski definition) is 2. The Hall–Kier alpha value is -0.930. The van der Waals surface area contributed by atoms with Crippen molar-refractivity contribution in [1.82, 2.24) is 4.90 Å². The van der Waals surface area contributed by atoms with Gasteiger partial charge in [-0.3, -0.25) is 4.90 Å². The van der Waals surface area contributed by atoms with Crippen LogP contribution in [-0.2, 0) is 6.42 Å². The van der Waals surface area contributed by atoms with Crippen molar-refractivity contribution < 1.29 is 4.39 Å². The van der Waals surface area contributed by atoms with Gasteiger partial charge in [0.2, 0.25) is 0 Å². The second-order valence-electron chi connectivity index (χ2n) is 6.29. The Morgan fingerprint density at radius 3 is 2.60 bits per heavy atom. The Bertz CT molecular complexity index is 454. The number of nitrogens with zero attached hydrogens (tertiary/aromatic N) is 1. The Balaban J connectivity index is 2.16. The molecule has 0 radical (unpaired) electrons. The zero-order chi connectivity index (χ0) is 14.8. The molecule has 1 saturated heterocycles. The van der Waals surface area contributed by atoms with Crippen molar-refractivity contribution in [2.24, 2.45) is 5.73 Å². The Morgan fingerprint density at radius 1 is 1.35 bits per heavy atom. The normalized spacial score (nSPS) is 20.9. The van der Waals surface area contributed by atoms with E-state index in [1.807, 2.05) is 13.0 Å². The molecule has 0 aromatic heterocycles. The van der Waals surface area contributed by atoms with E-state index in [9.17, 15) is 4.39 Å². The quantitative estimate of drug-likeness (QED) is 0.895. The third-order valence-electron chi connectivity index (χ3n) is 5.09. The molecular weight excluding hydrogens is 251 g/mol. The molecule has 0 aliphatic carbocycles. The molecule has 2 unspecified atom stereocenters. The van der Waals surface area contributed by atoms with Gasteiger partial charge in [-0.25, -0.2) is 4.39 Å². The molecule has 20 heavy (non-hydrogen) atoms. The molecule has 2 rings (SSSR count). The highest BCUT2D eigenvalue weighted by atomic mass is 19.1. The van der Waals surface area contributed by atoms with E-state index < -0.39 is 0 Å². The lowest BCUT2D eigenvalue weighted by atomic mass is 9.83. The van der Waals surface area contributed by atoms with Crippen molar-refractivity contribution in [3.05, 3.63) is 35.1 Å². The summed E-state index contributed by atoms with van der Waals surface area (Å²) in [6.07, 6.45) is 4.30. The SMILES string of the molecule is CCC(C)(C(N)Cc1cc(F)ccc1C)N1CCCC1. The second kappa shape index (κ2) is 6.23. The zero-order valence-corrected chi connectivity index (χ0v) is 13.0. The summed E-state index contributed by atoms with van der Waals surface area (Å²) in [6.45, 7) is 8.77. The third-order valence-corrected chi connectivity index (χ3v) is 5.09. The molecule has 2 N–H and O–H groups in total. The summed E-state index contributed by atoms with van der Waals surface area (Å²) in [5, 5.41) is 0. The zero-order valence-electron chi connectivity index (χ0n) is 13.0. The molecular formula is C17H27FN2. The lowest BCUT2D eigenvalue weighted by Gasteiger charge is -2.43. The fourth-order valence-electron chi connectivity index (χ4n) is 3.27. The molecule has 2 atom stereocenters. The van der Waals surface area contributed by atoms with Gasteiger partial charge in [0.25, 0.3) is 0 Å². The van der Waals surface area contributed by atoms with Crippen molar-refractivity contribution in [2.75, 3.05) is 13.1 Å². The van der Waals surface area contributed by atoms with Gasteiger partial charge in [0.05, 0.1) is 0 Å². The lowest BCUT2D eigenvalue weighted by Crippen LogP contribution is -2.57. The maximum absolute atomic E-state index is 13.4. The van der Waals surface area contributed by atoms with E-state index in [-0.39, 0.29) is 17.4 Å². The fraction of sp³-hybridized carbons (Fsp3) is 0.647. The predicted octanol–water partition coefficient (Wildman–Crippen LogP) is 3.27. The van der Waals surface area contributed by atoms with Crippen LogP contribution in [0.1, 0.15) is 44.2 Å². The molecule has 1 heterocycles. The van der Waals surface area contributed by atoms with E-state index in [0.29, 0.717) is 0 Å². The third kappa shape index (κ3) is 3.04. The van der Waals surface area contributed by atoms with Crippen LogP contribution in [0.3, 0.4) is 0 Å². The summed E-state index contributed by atoms with van der Waals surface area (Å²) < 4.78 is 13.4. The van der Waals surface area contributed by atoms with Gasteiger partial charge in [-0.05, 0) is 75.9 Å². The Kier molecular flexibility index (Phi) is 4.82. The first-order chi connectivity index (χ1) is 9.47. The Morgan fingerprint density at radius 2 is 2.00 bits per heavy atom. The van der Waals surface area contributed by atoms with Gasteiger partial charge in [0, 0.05) is 11.6 Å². The van der Waals surface area contributed by atoms with Gasteiger partial charge < -0.3 is 5.73 Å². The summed E-state index contributed by atoms with van der Waals surface area (Å²) in [5.41, 5.74) is 8.70. The highest BCUT2D eigenvalue weighted by Gasteiger charge is 2.37. The van der Waals surface area contributed by atoms with Crippen molar-refractivity contribution in [2.45, 2.75) is 58.0 Å². The summed E-state index contributed by atoms with van der Waals surface area (Å²) in [6, 6.07) is 5.03. The van der Waals surface area contributed by atoms with Crippen LogP contribution in [0.15, 0.2) is 18.2 Å². The molecule has 3 heteroatoms. The second-order valence-corrected chi connectivity index (χ2v) is 6.29. The van der Waals surface area contributed by atoms with Gasteiger partial charge in [0.15, 0.2) is 0 Å². The highest BCUT2D eigenvalue weighted by molar-refractivity contribution is 5.28. The molecule has 1 aliphatic heterocycles. The van der Waals surface area contributed by atoms with Crippen LogP contribution >= 0.6 is 0 Å². The maximum atomic E-state index is 13.4. The Labute approximate surface area is 122 Å². The summed E-state index contributed by atoms with van der Waals surface area (Å²) in [7, 11) is 0. The number of nitrogens with two attached hydrogens (primary N) is 1. The molecule has 112 valence electrons. The van der Waals surface area contributed by atoms with E-state index in [4.69, 9.17) is 5.73 Å². The van der Waals surface area contributed by atoms with Crippen molar-refractivity contribution in [1.29, 1.82) is 0 Å². The van der Waals surface area contributed by atoms with Gasteiger partial charge in [-0.15, -0.1) is 0 Å². The minimum absolute atomic E-state index is 0.00918. The molecule has 0 spiro atoms. The van der Waals surface area contributed by atoms with E-state index in [0.717, 1.165) is 37.1 Å². The standard InChI is InChI=1S/C17H27FN2/c1-4-17(3,20-9-5-6-10-20)16(19)12-14-11-15(18)8-7-13(14)2/h7-8,11,16H,4-6,9-10,12,19H2,1-3H3.